The fourth-order valence-electron chi connectivity index (χ4n) is 2.92. The molecule has 0 bridgehead atoms. The number of amides is 1. The van der Waals surface area contributed by atoms with Crippen LogP contribution in [0.25, 0.3) is 10.9 Å². The molecule has 0 aliphatic carbocycles. The molecule has 1 unspecified atom stereocenters. The van der Waals surface area contributed by atoms with Gasteiger partial charge in [0.05, 0.1) is 12.9 Å². The van der Waals surface area contributed by atoms with Gasteiger partial charge in [-0.3, -0.25) is 9.59 Å². The van der Waals surface area contributed by atoms with Crippen molar-refractivity contribution in [3.05, 3.63) is 58.4 Å². The zero-order chi connectivity index (χ0) is 19.1. The lowest BCUT2D eigenvalue weighted by atomic mass is 9.96. The normalized spacial score (nSPS) is 12.0. The SMILES string of the molecule is COC(=O)CSCCC(=O)NCC(c1cccs1)c1c[nH]c2ccccc12. The number of fused-ring (bicyclic) bond motifs is 1. The molecular weight excluding hydrogens is 380 g/mol. The standard InChI is InChI=1S/C20H22N2O3S2/c1-25-20(24)13-26-10-8-19(23)22-12-16(18-7-4-9-27-18)15-11-21-17-6-3-2-5-14(15)17/h2-7,9,11,16,21H,8,10,12-13H2,1H3,(H,22,23). The molecule has 0 saturated carbocycles. The minimum absolute atomic E-state index is 0.00577. The number of rotatable bonds is 9. The molecule has 0 saturated heterocycles. The van der Waals surface area contributed by atoms with Crippen LogP contribution >= 0.6 is 23.1 Å². The van der Waals surface area contributed by atoms with Gasteiger partial charge in [-0.2, -0.15) is 0 Å². The molecule has 3 rings (SSSR count). The Morgan fingerprint density at radius 3 is 2.89 bits per heavy atom. The minimum atomic E-state index is -0.266. The van der Waals surface area contributed by atoms with Crippen molar-refractivity contribution in [1.82, 2.24) is 10.3 Å². The summed E-state index contributed by atoms with van der Waals surface area (Å²) in [6.07, 6.45) is 2.42. The summed E-state index contributed by atoms with van der Waals surface area (Å²) in [4.78, 5) is 27.9. The largest absolute Gasteiger partial charge is 0.468 e. The summed E-state index contributed by atoms with van der Waals surface area (Å²) in [6.45, 7) is 0.545. The maximum Gasteiger partial charge on any atom is 0.315 e. The maximum absolute atomic E-state index is 12.2. The Labute approximate surface area is 166 Å². The van der Waals surface area contributed by atoms with Crippen LogP contribution in [0.15, 0.2) is 48.0 Å². The Balaban J connectivity index is 1.62. The topological polar surface area (TPSA) is 71.2 Å². The van der Waals surface area contributed by atoms with Crippen LogP contribution in [0, 0.1) is 0 Å². The third-order valence-electron chi connectivity index (χ3n) is 4.31. The number of H-pyrrole nitrogens is 1. The van der Waals surface area contributed by atoms with Crippen molar-refractivity contribution < 1.29 is 14.3 Å². The summed E-state index contributed by atoms with van der Waals surface area (Å²) in [5.74, 6) is 0.702. The van der Waals surface area contributed by atoms with Crippen LogP contribution in [0.3, 0.4) is 0 Å². The van der Waals surface area contributed by atoms with Crippen molar-refractivity contribution in [2.75, 3.05) is 25.2 Å². The number of hydrogen-bond acceptors (Lipinski definition) is 5. The number of esters is 1. The lowest BCUT2D eigenvalue weighted by Crippen LogP contribution is -2.28. The molecule has 142 valence electrons. The van der Waals surface area contributed by atoms with Crippen LogP contribution in [0.1, 0.15) is 22.8 Å². The molecule has 0 radical (unpaired) electrons. The van der Waals surface area contributed by atoms with Crippen molar-refractivity contribution in [2.45, 2.75) is 12.3 Å². The zero-order valence-electron chi connectivity index (χ0n) is 15.1. The number of para-hydroxylation sites is 1. The van der Waals surface area contributed by atoms with E-state index in [1.165, 1.54) is 34.7 Å². The zero-order valence-corrected chi connectivity index (χ0v) is 16.7. The Bertz CT molecular complexity index is 890. The second kappa shape index (κ2) is 9.62. The second-order valence-electron chi connectivity index (χ2n) is 6.04. The molecule has 0 fully saturated rings. The number of aromatic amines is 1. The molecular formula is C20H22N2O3S2. The number of carbonyl (C=O) groups excluding carboxylic acids is 2. The fraction of sp³-hybridized carbons (Fsp3) is 0.300. The summed E-state index contributed by atoms with van der Waals surface area (Å²) in [7, 11) is 1.37. The molecule has 0 spiro atoms. The molecule has 2 N–H and O–H groups in total. The van der Waals surface area contributed by atoms with Crippen molar-refractivity contribution in [2.24, 2.45) is 0 Å². The third-order valence-corrected chi connectivity index (χ3v) is 6.23. The highest BCUT2D eigenvalue weighted by Crippen LogP contribution is 2.32. The van der Waals surface area contributed by atoms with Gasteiger partial charge in [-0.05, 0) is 23.1 Å². The summed E-state index contributed by atoms with van der Waals surface area (Å²) >= 11 is 3.10. The van der Waals surface area contributed by atoms with Crippen molar-refractivity contribution in [3.63, 3.8) is 0 Å². The number of nitrogens with one attached hydrogen (secondary N) is 2. The van der Waals surface area contributed by atoms with Crippen LogP contribution in [0.2, 0.25) is 0 Å². The van der Waals surface area contributed by atoms with E-state index in [-0.39, 0.29) is 23.5 Å². The van der Waals surface area contributed by atoms with Crippen molar-refractivity contribution in [1.29, 1.82) is 0 Å². The van der Waals surface area contributed by atoms with E-state index in [4.69, 9.17) is 0 Å². The van der Waals surface area contributed by atoms with E-state index in [2.05, 4.69) is 38.6 Å². The quantitative estimate of drug-likeness (QED) is 0.422. The number of thiophene rings is 1. The van der Waals surface area contributed by atoms with Gasteiger partial charge in [0, 0.05) is 46.6 Å². The van der Waals surface area contributed by atoms with Crippen LogP contribution in [-0.2, 0) is 14.3 Å². The van der Waals surface area contributed by atoms with Gasteiger partial charge in [0.15, 0.2) is 0 Å². The number of aromatic nitrogens is 1. The van der Waals surface area contributed by atoms with Gasteiger partial charge in [-0.1, -0.05) is 24.3 Å². The van der Waals surface area contributed by atoms with E-state index >= 15 is 0 Å². The third kappa shape index (κ3) is 5.14. The fourth-order valence-corrected chi connectivity index (χ4v) is 4.52. The lowest BCUT2D eigenvalue weighted by Gasteiger charge is -2.16. The smallest absolute Gasteiger partial charge is 0.315 e. The van der Waals surface area contributed by atoms with E-state index in [1.807, 2.05) is 24.4 Å². The molecule has 2 heterocycles. The number of benzene rings is 1. The van der Waals surface area contributed by atoms with E-state index in [9.17, 15) is 9.59 Å². The lowest BCUT2D eigenvalue weighted by molar-refractivity contribution is -0.137. The Morgan fingerprint density at radius 1 is 1.26 bits per heavy atom. The first-order valence-electron chi connectivity index (χ1n) is 8.69. The van der Waals surface area contributed by atoms with E-state index < -0.39 is 0 Å². The van der Waals surface area contributed by atoms with Crippen LogP contribution in [0.4, 0.5) is 0 Å². The van der Waals surface area contributed by atoms with Gasteiger partial charge in [0.25, 0.3) is 0 Å². The highest BCUT2D eigenvalue weighted by Gasteiger charge is 2.19. The maximum atomic E-state index is 12.2. The average molecular weight is 403 g/mol. The van der Waals surface area contributed by atoms with Crippen LogP contribution in [0.5, 0.6) is 0 Å². The summed E-state index contributed by atoms with van der Waals surface area (Å²) in [5.41, 5.74) is 2.29. The summed E-state index contributed by atoms with van der Waals surface area (Å²) in [5, 5.41) is 6.29. The number of carbonyl (C=O) groups is 2. The Kier molecular flexibility index (Phi) is 6.95. The molecule has 7 heteroatoms. The van der Waals surface area contributed by atoms with Crippen LogP contribution < -0.4 is 5.32 Å². The molecule has 1 aromatic carbocycles. The van der Waals surface area contributed by atoms with Crippen LogP contribution in [-0.4, -0.2) is 42.0 Å². The second-order valence-corrected chi connectivity index (χ2v) is 8.12. The molecule has 1 amide bonds. The molecule has 2 aromatic heterocycles. The highest BCUT2D eigenvalue weighted by molar-refractivity contribution is 7.99. The van der Waals surface area contributed by atoms with Gasteiger partial charge < -0.3 is 15.0 Å². The first-order valence-corrected chi connectivity index (χ1v) is 10.7. The van der Waals surface area contributed by atoms with E-state index in [0.29, 0.717) is 18.7 Å². The molecule has 0 aliphatic rings. The van der Waals surface area contributed by atoms with Crippen molar-refractivity contribution >= 4 is 45.9 Å². The average Bonchev–Trinajstić information content (AvgIpc) is 3.36. The van der Waals surface area contributed by atoms with Gasteiger partial charge in [0.2, 0.25) is 5.91 Å². The Morgan fingerprint density at radius 2 is 2.11 bits per heavy atom. The van der Waals surface area contributed by atoms with Gasteiger partial charge >= 0.3 is 5.97 Å². The number of thioether (sulfide) groups is 1. The molecule has 0 aliphatic heterocycles. The molecule has 5 nitrogen and oxygen atoms in total. The first kappa shape index (κ1) is 19.5. The summed E-state index contributed by atoms with van der Waals surface area (Å²) < 4.78 is 4.59. The van der Waals surface area contributed by atoms with E-state index in [0.717, 1.165) is 5.52 Å². The minimum Gasteiger partial charge on any atom is -0.468 e. The molecule has 1 atom stereocenters. The number of ether oxygens (including phenoxy) is 1. The van der Waals surface area contributed by atoms with Gasteiger partial charge in [-0.25, -0.2) is 0 Å². The predicted molar refractivity (Wildman–Crippen MR) is 111 cm³/mol. The molecule has 3 aromatic rings. The number of methoxy groups -OCH3 is 1. The van der Waals surface area contributed by atoms with Gasteiger partial charge in [-0.15, -0.1) is 23.1 Å². The van der Waals surface area contributed by atoms with E-state index in [1.54, 1.807) is 11.3 Å². The molecule has 27 heavy (non-hydrogen) atoms. The van der Waals surface area contributed by atoms with Gasteiger partial charge in [0.1, 0.15) is 0 Å². The monoisotopic (exact) mass is 402 g/mol. The highest BCUT2D eigenvalue weighted by atomic mass is 32.2. The Hall–Kier alpha value is -2.25. The van der Waals surface area contributed by atoms with Crippen molar-refractivity contribution in [3.8, 4) is 0 Å². The predicted octanol–water partition coefficient (Wildman–Crippen LogP) is 3.77. The summed E-state index contributed by atoms with van der Waals surface area (Å²) in [6, 6.07) is 12.3. The first-order chi connectivity index (χ1) is 13.2. The number of hydrogen-bond donors (Lipinski definition) is 2.